The lowest BCUT2D eigenvalue weighted by molar-refractivity contribution is -0.368. The minimum atomic E-state index is -0.722. The van der Waals surface area contributed by atoms with Crippen LogP contribution in [0.3, 0.4) is 0 Å². The first-order valence-electron chi connectivity index (χ1n) is 13.7. The van der Waals surface area contributed by atoms with Gasteiger partial charge in [-0.1, -0.05) is 105 Å². The molecule has 0 spiro atoms. The minimum absolute atomic E-state index is 0.203. The van der Waals surface area contributed by atoms with E-state index < -0.39 is 5.79 Å². The molecule has 0 radical (unpaired) electrons. The second-order valence-electron chi connectivity index (χ2n) is 10.9. The Bertz CT molecular complexity index is 1020. The van der Waals surface area contributed by atoms with E-state index in [1.54, 1.807) is 0 Å². The van der Waals surface area contributed by atoms with E-state index in [0.717, 1.165) is 36.8 Å². The number of benzene rings is 3. The third kappa shape index (κ3) is 6.88. The zero-order chi connectivity index (χ0) is 26.2. The van der Waals surface area contributed by atoms with Crippen LogP contribution in [0, 0.1) is 0 Å². The van der Waals surface area contributed by atoms with Gasteiger partial charge in [-0.25, -0.2) is 0 Å². The fraction of sp³-hybridized carbons (Fsp3) is 0.455. The van der Waals surface area contributed by atoms with Gasteiger partial charge in [0.05, 0.1) is 25.4 Å². The molecule has 4 heteroatoms. The summed E-state index contributed by atoms with van der Waals surface area (Å²) >= 11 is 0. The summed E-state index contributed by atoms with van der Waals surface area (Å²) in [4.78, 5) is 6.64. The van der Waals surface area contributed by atoms with E-state index in [4.69, 9.17) is 14.3 Å². The first-order valence-corrected chi connectivity index (χ1v) is 13.7. The third-order valence-corrected chi connectivity index (χ3v) is 7.74. The molecule has 1 aliphatic rings. The van der Waals surface area contributed by atoms with Crippen LogP contribution < -0.4 is 0 Å². The molecular weight excluding hydrogens is 458 g/mol. The van der Waals surface area contributed by atoms with Crippen molar-refractivity contribution in [1.29, 1.82) is 0 Å². The highest BCUT2D eigenvalue weighted by molar-refractivity contribution is 5.16. The number of hydroxylamine groups is 2. The molecule has 4 nitrogen and oxygen atoms in total. The van der Waals surface area contributed by atoms with Gasteiger partial charge in [0.2, 0.25) is 0 Å². The number of nitrogens with zero attached hydrogens (tertiary/aromatic N) is 1. The van der Waals surface area contributed by atoms with Crippen molar-refractivity contribution < 1.29 is 14.3 Å². The Labute approximate surface area is 223 Å². The first-order chi connectivity index (χ1) is 17.9. The van der Waals surface area contributed by atoms with Crippen molar-refractivity contribution in [3.8, 4) is 0 Å². The summed E-state index contributed by atoms with van der Waals surface area (Å²) in [5, 5.41) is 2.29. The lowest BCUT2D eigenvalue weighted by atomic mass is 9.73. The number of hydrogen-bond donors (Lipinski definition) is 0. The Hall–Kier alpha value is -2.50. The molecule has 1 aliphatic heterocycles. The van der Waals surface area contributed by atoms with Crippen molar-refractivity contribution in [2.75, 3.05) is 6.61 Å². The molecule has 0 bridgehead atoms. The fourth-order valence-electron chi connectivity index (χ4n) is 5.83. The SMILES string of the molecule is CCC1(CC)CC(OCc2ccccc2)(OCc2ccccc2)CC(C)(C)N1OCCc1ccccc1. The van der Waals surface area contributed by atoms with Crippen molar-refractivity contribution in [3.05, 3.63) is 108 Å². The maximum Gasteiger partial charge on any atom is 0.172 e. The lowest BCUT2D eigenvalue weighted by Gasteiger charge is -2.59. The quantitative estimate of drug-likeness (QED) is 0.238. The molecule has 0 saturated carbocycles. The molecule has 0 aliphatic carbocycles. The maximum atomic E-state index is 6.79. The molecule has 0 aromatic heterocycles. The minimum Gasteiger partial charge on any atom is -0.345 e. The molecule has 0 N–H and O–H groups in total. The Morgan fingerprint density at radius 1 is 0.649 bits per heavy atom. The molecule has 198 valence electrons. The number of hydrogen-bond acceptors (Lipinski definition) is 4. The van der Waals surface area contributed by atoms with Crippen LogP contribution in [-0.2, 0) is 33.9 Å². The molecule has 3 aromatic rings. The van der Waals surface area contributed by atoms with Crippen LogP contribution in [0.5, 0.6) is 0 Å². The van der Waals surface area contributed by atoms with Crippen LogP contribution >= 0.6 is 0 Å². The Kier molecular flexibility index (Phi) is 9.20. The van der Waals surface area contributed by atoms with Gasteiger partial charge in [0, 0.05) is 18.4 Å². The van der Waals surface area contributed by atoms with Crippen LogP contribution in [0.1, 0.15) is 70.1 Å². The van der Waals surface area contributed by atoms with E-state index in [0.29, 0.717) is 26.2 Å². The van der Waals surface area contributed by atoms with E-state index in [1.807, 2.05) is 12.1 Å². The van der Waals surface area contributed by atoms with Crippen LogP contribution in [-0.4, -0.2) is 28.5 Å². The van der Waals surface area contributed by atoms with Gasteiger partial charge in [0.15, 0.2) is 5.79 Å². The van der Waals surface area contributed by atoms with Gasteiger partial charge in [-0.05, 0) is 49.8 Å². The van der Waals surface area contributed by atoms with E-state index in [2.05, 4.69) is 112 Å². The van der Waals surface area contributed by atoms with Gasteiger partial charge in [0.25, 0.3) is 0 Å². The normalized spacial score (nSPS) is 18.5. The van der Waals surface area contributed by atoms with Gasteiger partial charge in [-0.15, -0.1) is 0 Å². The summed E-state index contributed by atoms with van der Waals surface area (Å²) in [7, 11) is 0. The fourth-order valence-corrected chi connectivity index (χ4v) is 5.83. The first kappa shape index (κ1) is 27.5. The Morgan fingerprint density at radius 2 is 1.11 bits per heavy atom. The van der Waals surface area contributed by atoms with Gasteiger partial charge in [-0.3, -0.25) is 4.84 Å². The van der Waals surface area contributed by atoms with Gasteiger partial charge >= 0.3 is 0 Å². The highest BCUT2D eigenvalue weighted by atomic mass is 16.7. The van der Waals surface area contributed by atoms with Crippen molar-refractivity contribution in [2.24, 2.45) is 0 Å². The average molecular weight is 502 g/mol. The van der Waals surface area contributed by atoms with Gasteiger partial charge < -0.3 is 9.47 Å². The van der Waals surface area contributed by atoms with E-state index >= 15 is 0 Å². The van der Waals surface area contributed by atoms with Gasteiger partial charge in [-0.2, -0.15) is 5.06 Å². The van der Waals surface area contributed by atoms with Gasteiger partial charge in [0.1, 0.15) is 0 Å². The molecule has 4 rings (SSSR count). The maximum absolute atomic E-state index is 6.79. The summed E-state index contributed by atoms with van der Waals surface area (Å²) in [6.07, 6.45) is 4.25. The molecule has 0 amide bonds. The zero-order valence-corrected chi connectivity index (χ0v) is 23.0. The Balaban J connectivity index is 1.58. The van der Waals surface area contributed by atoms with E-state index in [1.165, 1.54) is 5.56 Å². The van der Waals surface area contributed by atoms with Crippen molar-refractivity contribution >= 4 is 0 Å². The number of rotatable bonds is 12. The van der Waals surface area contributed by atoms with Crippen LogP contribution in [0.15, 0.2) is 91.0 Å². The molecule has 0 atom stereocenters. The summed E-state index contributed by atoms with van der Waals surface area (Å²) in [6.45, 7) is 10.7. The van der Waals surface area contributed by atoms with E-state index in [9.17, 15) is 0 Å². The van der Waals surface area contributed by atoms with Crippen LogP contribution in [0.25, 0.3) is 0 Å². The molecule has 1 fully saturated rings. The molecular formula is C33H43NO3. The molecule has 1 heterocycles. The molecule has 37 heavy (non-hydrogen) atoms. The summed E-state index contributed by atoms with van der Waals surface area (Å²) in [5.41, 5.74) is 3.12. The zero-order valence-electron chi connectivity index (χ0n) is 23.0. The number of ether oxygens (including phenoxy) is 2. The van der Waals surface area contributed by atoms with Crippen LogP contribution in [0.4, 0.5) is 0 Å². The highest BCUT2D eigenvalue weighted by Crippen LogP contribution is 2.49. The predicted molar refractivity (Wildman–Crippen MR) is 150 cm³/mol. The van der Waals surface area contributed by atoms with Crippen LogP contribution in [0.2, 0.25) is 0 Å². The summed E-state index contributed by atoms with van der Waals surface area (Å²) < 4.78 is 13.6. The Morgan fingerprint density at radius 3 is 1.57 bits per heavy atom. The van der Waals surface area contributed by atoms with Crippen molar-refractivity contribution in [2.45, 2.75) is 89.9 Å². The second-order valence-corrected chi connectivity index (χ2v) is 10.9. The average Bonchev–Trinajstić information content (AvgIpc) is 2.93. The summed E-state index contributed by atoms with van der Waals surface area (Å²) in [5.74, 6) is -0.722. The van der Waals surface area contributed by atoms with E-state index in [-0.39, 0.29) is 11.1 Å². The topological polar surface area (TPSA) is 30.9 Å². The predicted octanol–water partition coefficient (Wildman–Crippen LogP) is 7.72. The number of piperidine rings is 1. The lowest BCUT2D eigenvalue weighted by Crippen LogP contribution is -2.68. The summed E-state index contributed by atoms with van der Waals surface area (Å²) in [6, 6.07) is 31.4. The largest absolute Gasteiger partial charge is 0.345 e. The van der Waals surface area contributed by atoms with Crippen molar-refractivity contribution in [3.63, 3.8) is 0 Å². The second kappa shape index (κ2) is 12.4. The standard InChI is InChI=1S/C33H43NO3/c1-5-32(6-2)27-33(35-24-29-18-12-8-13-19-29,36-25-30-20-14-9-15-21-30)26-31(3,4)34(32)37-23-22-28-16-10-7-11-17-28/h7-21H,5-6,22-27H2,1-4H3. The smallest absolute Gasteiger partial charge is 0.172 e. The molecule has 3 aromatic carbocycles. The molecule has 0 unspecified atom stereocenters. The highest BCUT2D eigenvalue weighted by Gasteiger charge is 2.57. The molecule has 1 saturated heterocycles. The third-order valence-electron chi connectivity index (χ3n) is 7.74. The van der Waals surface area contributed by atoms with Crippen molar-refractivity contribution in [1.82, 2.24) is 5.06 Å². The monoisotopic (exact) mass is 501 g/mol.